The quantitative estimate of drug-likeness (QED) is 0.353. The molecule has 4 rings (SSSR count). The van der Waals surface area contributed by atoms with Crippen molar-refractivity contribution in [2.45, 2.75) is 6.61 Å². The maximum absolute atomic E-state index is 13.6. The first-order chi connectivity index (χ1) is 13.7. The molecule has 0 saturated carbocycles. The van der Waals surface area contributed by atoms with Crippen molar-refractivity contribution in [3.63, 3.8) is 0 Å². The average Bonchev–Trinajstić information content (AvgIpc) is 3.04. The molecule has 0 radical (unpaired) electrons. The van der Waals surface area contributed by atoms with Gasteiger partial charge in [-0.05, 0) is 48.0 Å². The summed E-state index contributed by atoms with van der Waals surface area (Å²) in [5, 5.41) is 8.53. The van der Waals surface area contributed by atoms with Crippen molar-refractivity contribution in [2.24, 2.45) is 17.3 Å². The molecule has 1 aromatic heterocycles. The number of halogens is 1. The molecular weight excluding hydrogens is 373 g/mol. The topological polar surface area (TPSA) is 38.9 Å². The molecule has 0 bridgehead atoms. The zero-order chi connectivity index (χ0) is 19.3. The monoisotopic (exact) mass is 391 g/mol. The third kappa shape index (κ3) is 4.02. The Balaban J connectivity index is 1.44. The van der Waals surface area contributed by atoms with E-state index in [9.17, 15) is 4.39 Å². The van der Waals surface area contributed by atoms with Gasteiger partial charge >= 0.3 is 0 Å². The standard InChI is InChI=1S/C22H18FN3OS/c1-26-20-8-4-5-9-21(20)28-22(26)25-24-14-16-10-12-18(13-11-16)27-15-17-6-2-3-7-19(17)23/h2-14H,15H2,1H3/b24-14-,25-22-. The summed E-state index contributed by atoms with van der Waals surface area (Å²) < 4.78 is 22.5. The van der Waals surface area contributed by atoms with Gasteiger partial charge in [0.1, 0.15) is 18.2 Å². The fourth-order valence-corrected chi connectivity index (χ4v) is 3.73. The van der Waals surface area contributed by atoms with Crippen LogP contribution in [0.15, 0.2) is 83.0 Å². The van der Waals surface area contributed by atoms with Gasteiger partial charge in [-0.15, -0.1) is 5.10 Å². The van der Waals surface area contributed by atoms with E-state index in [0.717, 1.165) is 15.9 Å². The van der Waals surface area contributed by atoms with E-state index in [4.69, 9.17) is 4.74 Å². The summed E-state index contributed by atoms with van der Waals surface area (Å²) in [6.45, 7) is 0.192. The molecule has 0 aliphatic heterocycles. The summed E-state index contributed by atoms with van der Waals surface area (Å²) >= 11 is 1.60. The lowest BCUT2D eigenvalue weighted by atomic mass is 10.2. The Morgan fingerprint density at radius 3 is 2.54 bits per heavy atom. The fraction of sp³-hybridized carbons (Fsp3) is 0.0909. The second-order valence-corrected chi connectivity index (χ2v) is 7.21. The number of rotatable bonds is 5. The lowest BCUT2D eigenvalue weighted by Crippen LogP contribution is -2.08. The molecule has 1 heterocycles. The van der Waals surface area contributed by atoms with Crippen molar-refractivity contribution < 1.29 is 9.13 Å². The molecule has 4 aromatic rings. The Hall–Kier alpha value is -3.25. The number of ether oxygens (including phenoxy) is 1. The van der Waals surface area contributed by atoms with Crippen LogP contribution in [0, 0.1) is 5.82 Å². The molecule has 4 nitrogen and oxygen atoms in total. The SMILES string of the molecule is Cn1/c(=N/N=C\c2ccc(OCc3ccccc3F)cc2)sc2ccccc21. The number of nitrogens with zero attached hydrogens (tertiary/aromatic N) is 3. The van der Waals surface area contributed by atoms with Crippen molar-refractivity contribution in [1.82, 2.24) is 4.57 Å². The molecule has 0 N–H and O–H groups in total. The molecule has 0 aliphatic carbocycles. The number of aromatic nitrogens is 1. The van der Waals surface area contributed by atoms with Crippen molar-refractivity contribution in [2.75, 3.05) is 0 Å². The van der Waals surface area contributed by atoms with Gasteiger partial charge in [0, 0.05) is 12.6 Å². The van der Waals surface area contributed by atoms with Crippen molar-refractivity contribution in [1.29, 1.82) is 0 Å². The zero-order valence-electron chi connectivity index (χ0n) is 15.2. The Morgan fingerprint density at radius 1 is 1.00 bits per heavy atom. The van der Waals surface area contributed by atoms with E-state index in [1.165, 1.54) is 10.8 Å². The Bertz CT molecular complexity index is 1190. The number of hydrogen-bond donors (Lipinski definition) is 0. The van der Waals surface area contributed by atoms with Gasteiger partial charge in [-0.2, -0.15) is 5.10 Å². The number of hydrogen-bond acceptors (Lipinski definition) is 4. The predicted molar refractivity (Wildman–Crippen MR) is 111 cm³/mol. The van der Waals surface area contributed by atoms with E-state index < -0.39 is 0 Å². The van der Waals surface area contributed by atoms with Gasteiger partial charge < -0.3 is 9.30 Å². The highest BCUT2D eigenvalue weighted by Crippen LogP contribution is 2.16. The van der Waals surface area contributed by atoms with E-state index in [-0.39, 0.29) is 12.4 Å². The summed E-state index contributed by atoms with van der Waals surface area (Å²) in [5.41, 5.74) is 2.58. The van der Waals surface area contributed by atoms with Crippen LogP contribution < -0.4 is 9.54 Å². The predicted octanol–water partition coefficient (Wildman–Crippen LogP) is 4.89. The third-order valence-corrected chi connectivity index (χ3v) is 5.40. The van der Waals surface area contributed by atoms with Gasteiger partial charge in [-0.3, -0.25) is 0 Å². The zero-order valence-corrected chi connectivity index (χ0v) is 16.1. The van der Waals surface area contributed by atoms with Gasteiger partial charge in [-0.25, -0.2) is 4.39 Å². The molecule has 0 fully saturated rings. The summed E-state index contributed by atoms with van der Waals surface area (Å²) in [6, 6.07) is 22.2. The van der Waals surface area contributed by atoms with Crippen molar-refractivity contribution >= 4 is 27.8 Å². The lowest BCUT2D eigenvalue weighted by molar-refractivity contribution is 0.300. The maximum atomic E-state index is 13.6. The highest BCUT2D eigenvalue weighted by Gasteiger charge is 2.02. The third-order valence-electron chi connectivity index (χ3n) is 4.30. The van der Waals surface area contributed by atoms with E-state index in [2.05, 4.69) is 22.3 Å². The Labute approximate surface area is 165 Å². The largest absolute Gasteiger partial charge is 0.489 e. The van der Waals surface area contributed by atoms with Gasteiger partial charge in [0.25, 0.3) is 0 Å². The maximum Gasteiger partial charge on any atom is 0.211 e. The van der Waals surface area contributed by atoms with Crippen LogP contribution in [0.2, 0.25) is 0 Å². The highest BCUT2D eigenvalue weighted by atomic mass is 32.1. The highest BCUT2D eigenvalue weighted by molar-refractivity contribution is 7.16. The van der Waals surface area contributed by atoms with Gasteiger partial charge in [-0.1, -0.05) is 41.7 Å². The molecular formula is C22H18FN3OS. The first-order valence-corrected chi connectivity index (χ1v) is 9.60. The van der Waals surface area contributed by atoms with Crippen molar-refractivity contribution in [3.8, 4) is 5.75 Å². The minimum atomic E-state index is -0.262. The molecule has 0 aliphatic rings. The van der Waals surface area contributed by atoms with E-state index in [0.29, 0.717) is 11.3 Å². The van der Waals surface area contributed by atoms with Crippen LogP contribution in [-0.2, 0) is 13.7 Å². The smallest absolute Gasteiger partial charge is 0.211 e. The molecule has 3 aromatic carbocycles. The average molecular weight is 391 g/mol. The van der Waals surface area contributed by atoms with Crippen LogP contribution in [0.25, 0.3) is 10.2 Å². The molecule has 0 unspecified atom stereocenters. The van der Waals surface area contributed by atoms with Crippen LogP contribution in [0.5, 0.6) is 5.75 Å². The Morgan fingerprint density at radius 2 is 1.75 bits per heavy atom. The van der Waals surface area contributed by atoms with E-state index in [1.807, 2.05) is 48.0 Å². The second-order valence-electron chi connectivity index (χ2n) is 6.21. The van der Waals surface area contributed by atoms with Crippen molar-refractivity contribution in [3.05, 3.63) is 94.5 Å². The van der Waals surface area contributed by atoms with E-state index in [1.54, 1.807) is 35.8 Å². The minimum absolute atomic E-state index is 0.192. The Kier molecular flexibility index (Phi) is 5.30. The summed E-state index contributed by atoms with van der Waals surface area (Å²) in [5.74, 6) is 0.413. The number of fused-ring (bicyclic) bond motifs is 1. The summed E-state index contributed by atoms with van der Waals surface area (Å²) in [7, 11) is 1.98. The van der Waals surface area contributed by atoms with Gasteiger partial charge in [0.05, 0.1) is 16.4 Å². The normalized spacial score (nSPS) is 12.1. The first-order valence-electron chi connectivity index (χ1n) is 8.78. The van der Waals surface area contributed by atoms with Crippen LogP contribution in [0.4, 0.5) is 4.39 Å². The van der Waals surface area contributed by atoms with Crippen LogP contribution in [0.1, 0.15) is 11.1 Å². The molecule has 0 saturated heterocycles. The van der Waals surface area contributed by atoms with Gasteiger partial charge in [0.15, 0.2) is 0 Å². The number of para-hydroxylation sites is 1. The molecule has 0 spiro atoms. The first kappa shape index (κ1) is 18.1. The summed E-state index contributed by atoms with van der Waals surface area (Å²) in [4.78, 5) is 0.835. The lowest BCUT2D eigenvalue weighted by Gasteiger charge is -2.07. The molecule has 0 amide bonds. The fourth-order valence-electron chi connectivity index (χ4n) is 2.75. The number of aryl methyl sites for hydroxylation is 1. The minimum Gasteiger partial charge on any atom is -0.489 e. The summed E-state index contributed by atoms with van der Waals surface area (Å²) in [6.07, 6.45) is 1.70. The van der Waals surface area contributed by atoms with Crippen LogP contribution in [-0.4, -0.2) is 10.8 Å². The molecule has 28 heavy (non-hydrogen) atoms. The molecule has 0 atom stereocenters. The van der Waals surface area contributed by atoms with E-state index >= 15 is 0 Å². The number of thiazole rings is 1. The number of benzene rings is 3. The van der Waals surface area contributed by atoms with Crippen LogP contribution in [0.3, 0.4) is 0 Å². The van der Waals surface area contributed by atoms with Gasteiger partial charge in [0.2, 0.25) is 4.80 Å². The molecule has 140 valence electrons. The van der Waals surface area contributed by atoms with Crippen LogP contribution >= 0.6 is 11.3 Å². The molecule has 6 heteroatoms. The second kappa shape index (κ2) is 8.19.